The van der Waals surface area contributed by atoms with E-state index in [1.54, 1.807) is 19.4 Å². The van der Waals surface area contributed by atoms with E-state index >= 15 is 0 Å². The average molecular weight is 414 g/mol. The molecular weight excluding hydrogens is 382 g/mol. The number of pyridine rings is 1. The van der Waals surface area contributed by atoms with Crippen LogP contribution in [0.3, 0.4) is 0 Å². The summed E-state index contributed by atoms with van der Waals surface area (Å²) in [5.74, 6) is 1.80. The van der Waals surface area contributed by atoms with Crippen LogP contribution in [-0.2, 0) is 11.3 Å². The van der Waals surface area contributed by atoms with Gasteiger partial charge in [0.25, 0.3) is 0 Å². The Morgan fingerprint density at radius 1 is 1.13 bits per heavy atom. The maximum Gasteiger partial charge on any atom is 0.218 e. The zero-order valence-electron chi connectivity index (χ0n) is 17.8. The Bertz CT molecular complexity index is 822. The van der Waals surface area contributed by atoms with Gasteiger partial charge in [-0.05, 0) is 25.1 Å². The highest BCUT2D eigenvalue weighted by Crippen LogP contribution is 2.27. The van der Waals surface area contributed by atoms with Gasteiger partial charge in [0.05, 0.1) is 18.8 Å². The molecule has 0 radical (unpaired) electrons. The normalized spacial score (nSPS) is 14.7. The van der Waals surface area contributed by atoms with E-state index in [1.807, 2.05) is 30.3 Å². The third-order valence-electron chi connectivity index (χ3n) is 4.91. The fourth-order valence-corrected chi connectivity index (χ4v) is 3.37. The molecule has 2 heterocycles. The van der Waals surface area contributed by atoms with Crippen molar-refractivity contribution in [3.05, 3.63) is 48.2 Å². The van der Waals surface area contributed by atoms with Crippen LogP contribution in [0.25, 0.3) is 0 Å². The summed E-state index contributed by atoms with van der Waals surface area (Å²) in [6.07, 6.45) is 1.72. The Hall–Kier alpha value is -3.00. The number of para-hydroxylation sites is 2. The molecule has 8 heteroatoms. The van der Waals surface area contributed by atoms with Crippen LogP contribution in [0.2, 0.25) is 0 Å². The van der Waals surface area contributed by atoms with Crippen LogP contribution in [0.4, 0.5) is 5.69 Å². The number of aliphatic imine (C=N–C) groups is 1. The lowest BCUT2D eigenvalue weighted by molar-refractivity contribution is 0.143. The second-order valence-corrected chi connectivity index (χ2v) is 6.94. The van der Waals surface area contributed by atoms with Crippen LogP contribution in [0, 0.1) is 0 Å². The van der Waals surface area contributed by atoms with E-state index < -0.39 is 0 Å². The van der Waals surface area contributed by atoms with Crippen molar-refractivity contribution in [3.8, 4) is 11.6 Å². The second kappa shape index (κ2) is 11.3. The third-order valence-corrected chi connectivity index (χ3v) is 4.91. The number of hydrogen-bond donors (Lipinski definition) is 2. The number of rotatable bonds is 8. The number of anilines is 1. The molecular formula is C22H31N5O3. The highest BCUT2D eigenvalue weighted by Gasteiger charge is 2.21. The van der Waals surface area contributed by atoms with E-state index in [9.17, 15) is 5.11 Å². The number of guanidine groups is 1. The van der Waals surface area contributed by atoms with Crippen LogP contribution in [-0.4, -0.2) is 74.0 Å². The molecule has 3 rings (SSSR count). The first-order valence-corrected chi connectivity index (χ1v) is 10.3. The maximum atomic E-state index is 10.1. The molecule has 8 nitrogen and oxygen atoms in total. The largest absolute Gasteiger partial charge is 0.506 e. The van der Waals surface area contributed by atoms with Gasteiger partial charge in [-0.1, -0.05) is 18.2 Å². The van der Waals surface area contributed by atoms with Crippen molar-refractivity contribution >= 4 is 11.6 Å². The minimum absolute atomic E-state index is 0.323. The molecule has 1 aromatic carbocycles. The summed E-state index contributed by atoms with van der Waals surface area (Å²) < 4.78 is 10.8. The number of hydrogen-bond acceptors (Lipinski definition) is 6. The number of aromatic hydroxyl groups is 1. The highest BCUT2D eigenvalue weighted by atomic mass is 16.5. The fourth-order valence-electron chi connectivity index (χ4n) is 3.37. The van der Waals surface area contributed by atoms with Crippen molar-refractivity contribution in [3.63, 3.8) is 0 Å². The summed E-state index contributed by atoms with van der Waals surface area (Å²) in [7, 11) is 1.65. The molecule has 1 aromatic heterocycles. The maximum absolute atomic E-state index is 10.1. The molecule has 0 amide bonds. The molecule has 1 aliphatic heterocycles. The first-order valence-electron chi connectivity index (χ1n) is 10.3. The lowest BCUT2D eigenvalue weighted by Gasteiger charge is -2.37. The Morgan fingerprint density at radius 3 is 2.67 bits per heavy atom. The van der Waals surface area contributed by atoms with E-state index in [-0.39, 0.29) is 0 Å². The van der Waals surface area contributed by atoms with Gasteiger partial charge in [-0.3, -0.25) is 0 Å². The predicted molar refractivity (Wildman–Crippen MR) is 118 cm³/mol. The molecule has 1 fully saturated rings. The summed E-state index contributed by atoms with van der Waals surface area (Å²) in [5.41, 5.74) is 1.82. The first-order chi connectivity index (χ1) is 14.7. The third kappa shape index (κ3) is 5.76. The minimum Gasteiger partial charge on any atom is -0.506 e. The first kappa shape index (κ1) is 21.7. The molecule has 0 saturated carbocycles. The SMILES string of the molecule is CCNC(=NCc1cccnc1OCCOC)N1CCN(c2ccccc2O)CC1. The molecule has 162 valence electrons. The number of phenols is 1. The summed E-state index contributed by atoms with van der Waals surface area (Å²) in [5, 5.41) is 13.5. The van der Waals surface area contributed by atoms with Crippen LogP contribution in [0.1, 0.15) is 12.5 Å². The topological polar surface area (TPSA) is 82.5 Å². The number of piperazine rings is 1. The van der Waals surface area contributed by atoms with Gasteiger partial charge in [0, 0.05) is 51.6 Å². The smallest absolute Gasteiger partial charge is 0.218 e. The van der Waals surface area contributed by atoms with Crippen LogP contribution in [0.5, 0.6) is 11.6 Å². The van der Waals surface area contributed by atoms with Gasteiger partial charge in [-0.2, -0.15) is 0 Å². The molecule has 0 spiro atoms. The van der Waals surface area contributed by atoms with Gasteiger partial charge in [0.15, 0.2) is 5.96 Å². The number of nitrogens with zero attached hydrogens (tertiary/aromatic N) is 4. The summed E-state index contributed by atoms with van der Waals surface area (Å²) in [6.45, 7) is 7.61. The van der Waals surface area contributed by atoms with Crippen LogP contribution >= 0.6 is 0 Å². The Balaban J connectivity index is 1.64. The van der Waals surface area contributed by atoms with Crippen LogP contribution in [0.15, 0.2) is 47.6 Å². The van der Waals surface area contributed by atoms with Crippen molar-refractivity contribution in [2.24, 2.45) is 4.99 Å². The fraction of sp³-hybridized carbons (Fsp3) is 0.455. The average Bonchev–Trinajstić information content (AvgIpc) is 2.78. The quantitative estimate of drug-likeness (QED) is 0.390. The monoisotopic (exact) mass is 413 g/mol. The van der Waals surface area contributed by atoms with E-state index in [0.29, 0.717) is 31.4 Å². The summed E-state index contributed by atoms with van der Waals surface area (Å²) in [4.78, 5) is 13.6. The molecule has 0 atom stereocenters. The Labute approximate surface area is 178 Å². The number of methoxy groups -OCH3 is 1. The number of aromatic nitrogens is 1. The predicted octanol–water partition coefficient (Wildman–Crippen LogP) is 2.10. The Morgan fingerprint density at radius 2 is 1.93 bits per heavy atom. The number of phenolic OH excluding ortho intramolecular Hbond substituents is 1. The lowest BCUT2D eigenvalue weighted by Crippen LogP contribution is -2.52. The van der Waals surface area contributed by atoms with E-state index in [2.05, 4.69) is 27.0 Å². The van der Waals surface area contributed by atoms with Gasteiger partial charge < -0.3 is 29.7 Å². The standard InChI is InChI=1S/C22H31N5O3/c1-3-23-22(25-17-18-7-6-10-24-21(18)30-16-15-29-2)27-13-11-26(12-14-27)19-8-4-5-9-20(19)28/h4-10,28H,3,11-17H2,1-2H3,(H,23,25). The van der Waals surface area contributed by atoms with E-state index in [4.69, 9.17) is 14.5 Å². The van der Waals surface area contributed by atoms with Gasteiger partial charge >= 0.3 is 0 Å². The molecule has 0 aliphatic carbocycles. The lowest BCUT2D eigenvalue weighted by atomic mass is 10.2. The molecule has 1 aliphatic rings. The highest BCUT2D eigenvalue weighted by molar-refractivity contribution is 5.80. The summed E-state index contributed by atoms with van der Waals surface area (Å²) >= 11 is 0. The molecule has 2 aromatic rings. The Kier molecular flexibility index (Phi) is 8.14. The molecule has 2 N–H and O–H groups in total. The number of benzene rings is 1. The van der Waals surface area contributed by atoms with Gasteiger partial charge in [-0.25, -0.2) is 9.98 Å². The van der Waals surface area contributed by atoms with Crippen molar-refractivity contribution in [1.82, 2.24) is 15.2 Å². The molecule has 30 heavy (non-hydrogen) atoms. The molecule has 1 saturated heterocycles. The molecule has 0 bridgehead atoms. The number of ether oxygens (including phenoxy) is 2. The van der Waals surface area contributed by atoms with E-state index in [0.717, 1.165) is 49.9 Å². The van der Waals surface area contributed by atoms with Crippen molar-refractivity contribution in [2.75, 3.05) is 57.9 Å². The van der Waals surface area contributed by atoms with Crippen molar-refractivity contribution in [2.45, 2.75) is 13.5 Å². The van der Waals surface area contributed by atoms with Gasteiger partial charge in [0.1, 0.15) is 12.4 Å². The summed E-state index contributed by atoms with van der Waals surface area (Å²) in [6, 6.07) is 11.4. The number of nitrogens with one attached hydrogen (secondary N) is 1. The van der Waals surface area contributed by atoms with Crippen molar-refractivity contribution in [1.29, 1.82) is 0 Å². The molecule has 0 unspecified atom stereocenters. The van der Waals surface area contributed by atoms with Gasteiger partial charge in [-0.15, -0.1) is 0 Å². The van der Waals surface area contributed by atoms with Crippen molar-refractivity contribution < 1.29 is 14.6 Å². The zero-order valence-corrected chi connectivity index (χ0v) is 17.8. The van der Waals surface area contributed by atoms with Crippen LogP contribution < -0.4 is 15.0 Å². The van der Waals surface area contributed by atoms with E-state index in [1.165, 1.54) is 0 Å². The minimum atomic E-state index is 0.323. The zero-order chi connectivity index (χ0) is 21.2. The second-order valence-electron chi connectivity index (χ2n) is 6.94. The van der Waals surface area contributed by atoms with Gasteiger partial charge in [0.2, 0.25) is 5.88 Å².